The molecule has 2 aromatic carbocycles. The molecule has 1 aliphatic heterocycles. The Morgan fingerprint density at radius 2 is 1.57 bits per heavy atom. The van der Waals surface area contributed by atoms with E-state index in [0.29, 0.717) is 32.7 Å². The second-order valence-electron chi connectivity index (χ2n) is 12.0. The normalized spacial score (nSPS) is 17.8. The van der Waals surface area contributed by atoms with Crippen molar-refractivity contribution in [3.05, 3.63) is 59.7 Å². The third-order valence-electron chi connectivity index (χ3n) is 9.24. The largest absolute Gasteiger partial charge is 0.481 e. The summed E-state index contributed by atoms with van der Waals surface area (Å²) < 4.78 is 11.3. The second-order valence-corrected chi connectivity index (χ2v) is 12.0. The monoisotopic (exact) mass is 605 g/mol. The minimum absolute atomic E-state index is 0.115. The first-order chi connectivity index (χ1) is 21.3. The van der Waals surface area contributed by atoms with E-state index in [1.54, 1.807) is 11.9 Å². The topological polar surface area (TPSA) is 117 Å². The molecule has 2 unspecified atom stereocenters. The molecule has 5 rings (SSSR count). The predicted octanol–water partition coefficient (Wildman–Crippen LogP) is 4.37. The SMILES string of the molecule is CCCN(C(=O)C(C1CCCC1)N(C)C(=O)OCC1c2ccccc2-c2ccccc21)C(CC(=O)O)C(=O)N1CCOCC1. The maximum Gasteiger partial charge on any atom is 0.410 e. The van der Waals surface area contributed by atoms with Gasteiger partial charge in [-0.25, -0.2) is 4.79 Å². The summed E-state index contributed by atoms with van der Waals surface area (Å²) in [6.45, 7) is 3.62. The summed E-state index contributed by atoms with van der Waals surface area (Å²) in [4.78, 5) is 58.1. The van der Waals surface area contributed by atoms with Crippen molar-refractivity contribution < 1.29 is 33.8 Å². The van der Waals surface area contributed by atoms with Crippen LogP contribution in [0.3, 0.4) is 0 Å². The Balaban J connectivity index is 1.37. The second kappa shape index (κ2) is 14.2. The molecule has 3 aliphatic rings. The number of carboxylic acid groups (broad SMARTS) is 1. The highest BCUT2D eigenvalue weighted by molar-refractivity contribution is 5.93. The molecule has 0 spiro atoms. The smallest absolute Gasteiger partial charge is 0.410 e. The van der Waals surface area contributed by atoms with Gasteiger partial charge in [0.2, 0.25) is 11.8 Å². The maximum atomic E-state index is 14.5. The third-order valence-corrected chi connectivity index (χ3v) is 9.24. The van der Waals surface area contributed by atoms with Crippen LogP contribution in [0.25, 0.3) is 11.1 Å². The van der Waals surface area contributed by atoms with E-state index in [1.165, 1.54) is 9.80 Å². The van der Waals surface area contributed by atoms with Crippen LogP contribution in [0.2, 0.25) is 0 Å². The fraction of sp³-hybridized carbons (Fsp3) is 0.529. The van der Waals surface area contributed by atoms with E-state index in [0.717, 1.165) is 47.9 Å². The third kappa shape index (κ3) is 6.60. The summed E-state index contributed by atoms with van der Waals surface area (Å²) in [5.41, 5.74) is 4.45. The molecular formula is C34H43N3O7. The van der Waals surface area contributed by atoms with Gasteiger partial charge in [-0.3, -0.25) is 19.3 Å². The highest BCUT2D eigenvalue weighted by atomic mass is 16.6. The van der Waals surface area contributed by atoms with Crippen molar-refractivity contribution in [1.82, 2.24) is 14.7 Å². The number of carboxylic acids is 1. The van der Waals surface area contributed by atoms with Gasteiger partial charge in [-0.2, -0.15) is 0 Å². The summed E-state index contributed by atoms with van der Waals surface area (Å²) in [6.07, 6.45) is 2.82. The van der Waals surface area contributed by atoms with Gasteiger partial charge >= 0.3 is 12.1 Å². The van der Waals surface area contributed by atoms with Crippen molar-refractivity contribution in [2.45, 2.75) is 63.5 Å². The first kappa shape index (κ1) is 31.5. The first-order valence-electron chi connectivity index (χ1n) is 15.8. The summed E-state index contributed by atoms with van der Waals surface area (Å²) in [5, 5.41) is 9.77. The number of likely N-dealkylation sites (N-methyl/N-ethyl adjacent to an activating group) is 1. The summed E-state index contributed by atoms with van der Waals surface area (Å²) >= 11 is 0. The standard InChI is InChI=1S/C34H43N3O7/c1-3-16-37(29(21-30(38)39)32(40)36-17-19-43-20-18-36)33(41)31(23-10-4-5-11-23)35(2)34(42)44-22-28-26-14-8-6-12-24(26)25-13-7-9-15-27(25)28/h6-9,12-15,23,28-29,31H,3-5,10-11,16-22H2,1-2H3,(H,38,39). The number of morpholine rings is 1. The zero-order chi connectivity index (χ0) is 31.2. The van der Waals surface area contributed by atoms with Gasteiger partial charge in [-0.15, -0.1) is 0 Å². The molecule has 1 saturated heterocycles. The van der Waals surface area contributed by atoms with Crippen LogP contribution in [0.4, 0.5) is 4.79 Å². The molecule has 0 aromatic heterocycles. The molecular weight excluding hydrogens is 562 g/mol. The van der Waals surface area contributed by atoms with E-state index in [4.69, 9.17) is 9.47 Å². The van der Waals surface area contributed by atoms with Crippen LogP contribution in [-0.4, -0.2) is 102 Å². The number of nitrogens with zero attached hydrogens (tertiary/aromatic N) is 3. The fourth-order valence-corrected chi connectivity index (χ4v) is 7.09. The molecule has 2 aromatic rings. The zero-order valence-electron chi connectivity index (χ0n) is 25.7. The Bertz CT molecular complexity index is 1310. The molecule has 1 N–H and O–H groups in total. The van der Waals surface area contributed by atoms with E-state index in [9.17, 15) is 24.3 Å². The lowest BCUT2D eigenvalue weighted by Gasteiger charge is -2.40. The van der Waals surface area contributed by atoms with E-state index in [1.807, 2.05) is 31.2 Å². The van der Waals surface area contributed by atoms with Crippen molar-refractivity contribution in [1.29, 1.82) is 0 Å². The highest BCUT2D eigenvalue weighted by Crippen LogP contribution is 2.44. The summed E-state index contributed by atoms with van der Waals surface area (Å²) in [6, 6.07) is 14.2. The van der Waals surface area contributed by atoms with Crippen LogP contribution >= 0.6 is 0 Å². The Hall–Kier alpha value is -3.92. The van der Waals surface area contributed by atoms with Gasteiger partial charge in [0.1, 0.15) is 18.7 Å². The van der Waals surface area contributed by atoms with Gasteiger partial charge in [0.15, 0.2) is 0 Å². The van der Waals surface area contributed by atoms with Gasteiger partial charge in [0, 0.05) is 32.6 Å². The molecule has 10 nitrogen and oxygen atoms in total. The highest BCUT2D eigenvalue weighted by Gasteiger charge is 2.43. The maximum absolute atomic E-state index is 14.5. The minimum Gasteiger partial charge on any atom is -0.481 e. The molecule has 2 aliphatic carbocycles. The van der Waals surface area contributed by atoms with E-state index < -0.39 is 42.4 Å². The van der Waals surface area contributed by atoms with Crippen LogP contribution in [0.15, 0.2) is 48.5 Å². The Morgan fingerprint density at radius 3 is 2.14 bits per heavy atom. The van der Waals surface area contributed by atoms with E-state index >= 15 is 0 Å². The molecule has 1 heterocycles. The van der Waals surface area contributed by atoms with Crippen molar-refractivity contribution in [3.8, 4) is 11.1 Å². The predicted molar refractivity (Wildman–Crippen MR) is 164 cm³/mol. The van der Waals surface area contributed by atoms with Gasteiger partial charge < -0.3 is 24.4 Å². The lowest BCUT2D eigenvalue weighted by Crippen LogP contribution is -2.59. The molecule has 10 heteroatoms. The van der Waals surface area contributed by atoms with Crippen LogP contribution in [0, 0.1) is 5.92 Å². The number of carbonyl (C=O) groups excluding carboxylic acids is 3. The zero-order valence-corrected chi connectivity index (χ0v) is 25.7. The molecule has 2 atom stereocenters. The molecule has 0 radical (unpaired) electrons. The molecule has 1 saturated carbocycles. The van der Waals surface area contributed by atoms with Crippen LogP contribution in [0.1, 0.15) is 62.5 Å². The van der Waals surface area contributed by atoms with Gasteiger partial charge in [0.05, 0.1) is 19.6 Å². The molecule has 3 amide bonds. The Morgan fingerprint density at radius 1 is 0.977 bits per heavy atom. The number of carbonyl (C=O) groups is 4. The van der Waals surface area contributed by atoms with E-state index in [-0.39, 0.29) is 25.0 Å². The van der Waals surface area contributed by atoms with Gasteiger partial charge in [-0.05, 0) is 47.4 Å². The minimum atomic E-state index is -1.17. The van der Waals surface area contributed by atoms with Crippen LogP contribution < -0.4 is 0 Å². The van der Waals surface area contributed by atoms with Crippen molar-refractivity contribution in [2.75, 3.05) is 46.5 Å². The number of amides is 3. The molecule has 236 valence electrons. The number of rotatable bonds is 11. The first-order valence-corrected chi connectivity index (χ1v) is 15.8. The number of fused-ring (bicyclic) bond motifs is 3. The van der Waals surface area contributed by atoms with E-state index in [2.05, 4.69) is 24.3 Å². The Kier molecular flexibility index (Phi) is 10.2. The van der Waals surface area contributed by atoms with Crippen molar-refractivity contribution >= 4 is 23.9 Å². The average Bonchev–Trinajstić information content (AvgIpc) is 3.68. The van der Waals surface area contributed by atoms with Gasteiger partial charge in [0.25, 0.3) is 0 Å². The quantitative estimate of drug-likeness (QED) is 0.404. The number of aliphatic carboxylic acids is 1. The number of hydrogen-bond donors (Lipinski definition) is 1. The van der Waals surface area contributed by atoms with Crippen LogP contribution in [-0.2, 0) is 23.9 Å². The van der Waals surface area contributed by atoms with Crippen molar-refractivity contribution in [2.24, 2.45) is 5.92 Å². The Labute approximate surface area is 258 Å². The lowest BCUT2D eigenvalue weighted by molar-refractivity contribution is -0.155. The van der Waals surface area contributed by atoms with Crippen LogP contribution in [0.5, 0.6) is 0 Å². The fourth-order valence-electron chi connectivity index (χ4n) is 7.09. The number of benzene rings is 2. The lowest BCUT2D eigenvalue weighted by atomic mass is 9.94. The number of ether oxygens (including phenoxy) is 2. The van der Waals surface area contributed by atoms with Gasteiger partial charge in [-0.1, -0.05) is 68.3 Å². The molecule has 2 fully saturated rings. The number of hydrogen-bond acceptors (Lipinski definition) is 6. The molecule has 0 bridgehead atoms. The van der Waals surface area contributed by atoms with Crippen molar-refractivity contribution in [3.63, 3.8) is 0 Å². The molecule has 44 heavy (non-hydrogen) atoms. The summed E-state index contributed by atoms with van der Waals surface area (Å²) in [7, 11) is 1.58. The summed E-state index contributed by atoms with van der Waals surface area (Å²) in [5.74, 6) is -2.19. The average molecular weight is 606 g/mol.